The number of thiazole rings is 1. The molecule has 26 heavy (non-hydrogen) atoms. The average molecular weight is 387 g/mol. The van der Waals surface area contributed by atoms with Gasteiger partial charge in [-0.05, 0) is 19.9 Å². The van der Waals surface area contributed by atoms with Crippen LogP contribution in [0.2, 0.25) is 5.02 Å². The number of aromatic amines is 1. The molecular weight excluding hydrogens is 371 g/mol. The number of rotatable bonds is 4. The number of H-pyrrole nitrogens is 1. The zero-order valence-corrected chi connectivity index (χ0v) is 16.2. The second-order valence-corrected chi connectivity index (χ2v) is 7.97. The molecule has 1 saturated carbocycles. The molecule has 1 aliphatic heterocycles. The minimum absolute atomic E-state index is 0. The molecule has 1 aliphatic carbocycles. The molecule has 2 aromatic rings. The first-order valence-corrected chi connectivity index (χ1v) is 9.14. The van der Waals surface area contributed by atoms with Gasteiger partial charge in [-0.2, -0.15) is 0 Å². The van der Waals surface area contributed by atoms with E-state index in [1.807, 2.05) is 6.92 Å². The zero-order valence-electron chi connectivity index (χ0n) is 14.6. The van der Waals surface area contributed by atoms with Gasteiger partial charge < -0.3 is 25.1 Å². The van der Waals surface area contributed by atoms with Gasteiger partial charge in [-0.15, -0.1) is 0 Å². The van der Waals surface area contributed by atoms with E-state index in [0.29, 0.717) is 33.4 Å². The van der Waals surface area contributed by atoms with Gasteiger partial charge in [0, 0.05) is 36.7 Å². The predicted octanol–water partition coefficient (Wildman–Crippen LogP) is -2.03. The average Bonchev–Trinajstić information content (AvgIpc) is 2.96. The van der Waals surface area contributed by atoms with Crippen LogP contribution in [0.1, 0.15) is 31.5 Å². The number of hydrogen-bond donors (Lipinski definition) is 2. The number of amides is 1. The summed E-state index contributed by atoms with van der Waals surface area (Å²) < 4.78 is 0. The Kier molecular flexibility index (Phi) is 5.14. The summed E-state index contributed by atoms with van der Waals surface area (Å²) in [6.07, 6.45) is 0. The molecule has 1 amide bonds. The molecule has 2 aromatic heterocycles. The van der Waals surface area contributed by atoms with Crippen LogP contribution in [0.4, 0.5) is 5.13 Å². The number of aromatic nitrogens is 2. The standard InChI is InChI=1S/C16H17ClN4O3S.Li/c1-6-10(17)3-11(18-6)14(22)20-12-8-4-21(5-9(8)12)16-19-7(2)13(25-16)15(23)24;/h3,8-9,12,18H,4-5H2,1-2H3,(H,20,22)(H,23,24);/q;+1/p-1/t8-,9+,12-;. The van der Waals surface area contributed by atoms with Crippen LogP contribution in [-0.2, 0) is 0 Å². The third kappa shape index (κ3) is 3.27. The summed E-state index contributed by atoms with van der Waals surface area (Å²) in [5.41, 5.74) is 1.74. The van der Waals surface area contributed by atoms with Gasteiger partial charge in [0.05, 0.1) is 21.6 Å². The van der Waals surface area contributed by atoms with Crippen LogP contribution in [0.15, 0.2) is 6.07 Å². The molecule has 4 rings (SSSR count). The molecule has 2 N–H and O–H groups in total. The second-order valence-electron chi connectivity index (χ2n) is 6.59. The Balaban J connectivity index is 0.00000196. The van der Waals surface area contributed by atoms with Crippen LogP contribution in [0.25, 0.3) is 0 Å². The van der Waals surface area contributed by atoms with Gasteiger partial charge in [-0.25, -0.2) is 4.98 Å². The summed E-state index contributed by atoms with van der Waals surface area (Å²) in [4.78, 5) is 32.9. The normalized spacial score (nSPS) is 23.3. The van der Waals surface area contributed by atoms with E-state index >= 15 is 0 Å². The Morgan fingerprint density at radius 3 is 2.54 bits per heavy atom. The molecule has 2 fully saturated rings. The summed E-state index contributed by atoms with van der Waals surface area (Å²) in [6, 6.07) is 1.78. The topological polar surface area (TPSA) is 101 Å². The molecule has 1 saturated heterocycles. The number of carboxylic acids is 1. The number of aryl methyl sites for hydroxylation is 2. The molecule has 0 spiro atoms. The van der Waals surface area contributed by atoms with Crippen LogP contribution in [0, 0.1) is 25.7 Å². The number of carbonyl (C=O) groups excluding carboxylic acids is 2. The number of aromatic carboxylic acids is 1. The summed E-state index contributed by atoms with van der Waals surface area (Å²) in [5.74, 6) is -0.599. The van der Waals surface area contributed by atoms with Gasteiger partial charge in [0.15, 0.2) is 5.13 Å². The molecule has 3 atom stereocenters. The van der Waals surface area contributed by atoms with Crippen LogP contribution in [-0.4, -0.2) is 41.0 Å². The molecule has 132 valence electrons. The molecule has 7 nitrogen and oxygen atoms in total. The van der Waals surface area contributed by atoms with Gasteiger partial charge in [0.25, 0.3) is 5.91 Å². The summed E-state index contributed by atoms with van der Waals surface area (Å²) in [5, 5.41) is 15.3. The van der Waals surface area contributed by atoms with E-state index in [2.05, 4.69) is 20.2 Å². The quantitative estimate of drug-likeness (QED) is 0.590. The first-order chi connectivity index (χ1) is 11.8. The second kappa shape index (κ2) is 6.93. The molecule has 0 radical (unpaired) electrons. The zero-order chi connectivity index (χ0) is 17.9. The Bertz CT molecular complexity index is 851. The maximum atomic E-state index is 12.3. The van der Waals surface area contributed by atoms with Crippen LogP contribution in [0.5, 0.6) is 0 Å². The smallest absolute Gasteiger partial charge is 0.544 e. The van der Waals surface area contributed by atoms with Gasteiger partial charge >= 0.3 is 18.9 Å². The van der Waals surface area contributed by atoms with Crippen molar-refractivity contribution in [2.75, 3.05) is 18.0 Å². The number of hydrogen-bond acceptors (Lipinski definition) is 6. The fourth-order valence-electron chi connectivity index (χ4n) is 3.49. The fraction of sp³-hybridized carbons (Fsp3) is 0.438. The molecule has 3 heterocycles. The molecule has 0 aromatic carbocycles. The molecule has 0 unspecified atom stereocenters. The summed E-state index contributed by atoms with van der Waals surface area (Å²) >= 11 is 7.12. The van der Waals surface area contributed by atoms with E-state index in [1.54, 1.807) is 13.0 Å². The van der Waals surface area contributed by atoms with Gasteiger partial charge in [0.2, 0.25) is 0 Å². The molecule has 0 bridgehead atoms. The van der Waals surface area contributed by atoms with Crippen LogP contribution >= 0.6 is 22.9 Å². The van der Waals surface area contributed by atoms with Crippen molar-refractivity contribution < 1.29 is 33.6 Å². The SMILES string of the molecule is Cc1nc(N2C[C@@H]3[C@H](C2)[C@@H]3NC(=O)c2cc(Cl)c(C)[nH]2)sc1C(=O)[O-].[Li+]. The van der Waals surface area contributed by atoms with Crippen molar-refractivity contribution in [2.45, 2.75) is 19.9 Å². The number of piperidine rings is 1. The number of nitrogens with zero attached hydrogens (tertiary/aromatic N) is 2. The number of carbonyl (C=O) groups is 2. The Morgan fingerprint density at radius 1 is 1.38 bits per heavy atom. The fourth-order valence-corrected chi connectivity index (χ4v) is 4.56. The maximum Gasteiger partial charge on any atom is 1.00 e. The number of fused-ring (bicyclic) bond motifs is 1. The van der Waals surface area contributed by atoms with Crippen molar-refractivity contribution in [3.8, 4) is 0 Å². The van der Waals surface area contributed by atoms with Crippen LogP contribution in [0.3, 0.4) is 0 Å². The molecule has 10 heteroatoms. The first-order valence-electron chi connectivity index (χ1n) is 7.95. The van der Waals surface area contributed by atoms with Gasteiger partial charge in [0.1, 0.15) is 5.69 Å². The first kappa shape index (κ1) is 19.3. The Morgan fingerprint density at radius 2 is 2.04 bits per heavy atom. The van der Waals surface area contributed by atoms with E-state index in [4.69, 9.17) is 11.6 Å². The largest absolute Gasteiger partial charge is 1.00 e. The summed E-state index contributed by atoms with van der Waals surface area (Å²) in [6.45, 7) is 5.02. The van der Waals surface area contributed by atoms with Crippen molar-refractivity contribution in [3.63, 3.8) is 0 Å². The Hall–Kier alpha value is -1.46. The van der Waals surface area contributed by atoms with Crippen molar-refractivity contribution >= 4 is 39.9 Å². The van der Waals surface area contributed by atoms with Crippen molar-refractivity contribution in [1.29, 1.82) is 0 Å². The van der Waals surface area contributed by atoms with E-state index in [9.17, 15) is 14.7 Å². The minimum Gasteiger partial charge on any atom is -0.544 e. The predicted molar refractivity (Wildman–Crippen MR) is 92.2 cm³/mol. The third-order valence-electron chi connectivity index (χ3n) is 4.93. The van der Waals surface area contributed by atoms with E-state index in [0.717, 1.165) is 30.1 Å². The maximum absolute atomic E-state index is 12.3. The number of nitrogens with one attached hydrogen (secondary N) is 2. The van der Waals surface area contributed by atoms with Crippen molar-refractivity contribution in [3.05, 3.63) is 33.0 Å². The van der Waals surface area contributed by atoms with E-state index in [1.165, 1.54) is 0 Å². The van der Waals surface area contributed by atoms with E-state index < -0.39 is 5.97 Å². The summed E-state index contributed by atoms with van der Waals surface area (Å²) in [7, 11) is 0. The molecule has 2 aliphatic rings. The van der Waals surface area contributed by atoms with Crippen molar-refractivity contribution in [1.82, 2.24) is 15.3 Å². The van der Waals surface area contributed by atoms with E-state index in [-0.39, 0.29) is 35.7 Å². The third-order valence-corrected chi connectivity index (χ3v) is 6.52. The Labute approximate surface area is 171 Å². The monoisotopic (exact) mass is 386 g/mol. The van der Waals surface area contributed by atoms with Gasteiger partial charge in [-0.1, -0.05) is 22.9 Å². The van der Waals surface area contributed by atoms with Crippen LogP contribution < -0.4 is 34.2 Å². The van der Waals surface area contributed by atoms with Gasteiger partial charge in [-0.3, -0.25) is 4.79 Å². The van der Waals surface area contributed by atoms with Crippen molar-refractivity contribution in [2.24, 2.45) is 11.8 Å². The minimum atomic E-state index is -1.18. The number of carboxylic acid groups (broad SMARTS) is 1. The number of anilines is 1. The number of halogens is 1. The molecular formula is C16H16ClLiN4O3S.